The molecular formula is C8H16N2OS. The number of hydrogen-bond donors (Lipinski definition) is 2. The summed E-state index contributed by atoms with van der Waals surface area (Å²) in [6.45, 7) is 0.749. The van der Waals surface area contributed by atoms with Crippen LogP contribution in [0.2, 0.25) is 0 Å². The quantitative estimate of drug-likeness (QED) is 0.643. The predicted octanol–water partition coefficient (Wildman–Crippen LogP) is 0.779. The van der Waals surface area contributed by atoms with Crippen LogP contribution in [0.4, 0.5) is 0 Å². The number of rotatable bonds is 3. The van der Waals surface area contributed by atoms with Crippen molar-refractivity contribution in [1.29, 1.82) is 0 Å². The standard InChI is InChI=1S/C8H16N2OS/c1-11-8(4-2-3-5-8)6-10-7(9)12/h2-6H2,1H3,(H3,9,10,12). The highest BCUT2D eigenvalue weighted by Crippen LogP contribution is 2.31. The molecule has 1 aliphatic rings. The first-order valence-electron chi connectivity index (χ1n) is 4.27. The Labute approximate surface area is 78.7 Å². The molecule has 0 bridgehead atoms. The second-order valence-electron chi connectivity index (χ2n) is 3.31. The van der Waals surface area contributed by atoms with Gasteiger partial charge >= 0.3 is 0 Å². The van der Waals surface area contributed by atoms with E-state index >= 15 is 0 Å². The van der Waals surface area contributed by atoms with E-state index in [1.165, 1.54) is 12.8 Å². The summed E-state index contributed by atoms with van der Waals surface area (Å²) in [5.74, 6) is 0. The zero-order valence-corrected chi connectivity index (χ0v) is 8.25. The van der Waals surface area contributed by atoms with Crippen molar-refractivity contribution in [3.05, 3.63) is 0 Å². The van der Waals surface area contributed by atoms with E-state index in [2.05, 4.69) is 5.32 Å². The summed E-state index contributed by atoms with van der Waals surface area (Å²) in [5.41, 5.74) is 5.34. The summed E-state index contributed by atoms with van der Waals surface area (Å²) >= 11 is 4.74. The van der Waals surface area contributed by atoms with Crippen molar-refractivity contribution >= 4 is 17.3 Å². The van der Waals surface area contributed by atoms with Gasteiger partial charge in [-0.2, -0.15) is 0 Å². The average Bonchev–Trinajstić information content (AvgIpc) is 2.50. The molecule has 0 amide bonds. The van der Waals surface area contributed by atoms with Crippen LogP contribution >= 0.6 is 12.2 Å². The van der Waals surface area contributed by atoms with E-state index in [-0.39, 0.29) is 5.60 Å². The minimum Gasteiger partial charge on any atom is -0.376 e. The molecule has 0 heterocycles. The molecular weight excluding hydrogens is 172 g/mol. The molecule has 1 rings (SSSR count). The second-order valence-corrected chi connectivity index (χ2v) is 3.75. The van der Waals surface area contributed by atoms with E-state index in [0.29, 0.717) is 5.11 Å². The van der Waals surface area contributed by atoms with Crippen LogP contribution in [0.3, 0.4) is 0 Å². The molecule has 3 N–H and O–H groups in total. The zero-order chi connectivity index (χ0) is 9.03. The number of hydrogen-bond acceptors (Lipinski definition) is 2. The Bertz CT molecular complexity index is 166. The van der Waals surface area contributed by atoms with Crippen LogP contribution in [-0.4, -0.2) is 24.4 Å². The maximum absolute atomic E-state index is 5.47. The van der Waals surface area contributed by atoms with Crippen molar-refractivity contribution in [1.82, 2.24) is 5.32 Å². The Balaban J connectivity index is 2.39. The second kappa shape index (κ2) is 4.05. The molecule has 0 spiro atoms. The van der Waals surface area contributed by atoms with Crippen LogP contribution in [0, 0.1) is 0 Å². The molecule has 0 aromatic heterocycles. The lowest BCUT2D eigenvalue weighted by Crippen LogP contribution is -2.44. The summed E-state index contributed by atoms with van der Waals surface area (Å²) in [7, 11) is 1.76. The fourth-order valence-electron chi connectivity index (χ4n) is 1.72. The van der Waals surface area contributed by atoms with Gasteiger partial charge in [-0.15, -0.1) is 0 Å². The highest BCUT2D eigenvalue weighted by atomic mass is 32.1. The summed E-state index contributed by atoms with van der Waals surface area (Å²) in [4.78, 5) is 0. The Kier molecular flexibility index (Phi) is 3.29. The van der Waals surface area contributed by atoms with Gasteiger partial charge in [0, 0.05) is 13.7 Å². The Morgan fingerprint density at radius 3 is 2.58 bits per heavy atom. The molecule has 0 atom stereocenters. The minimum atomic E-state index is -0.0105. The highest BCUT2D eigenvalue weighted by molar-refractivity contribution is 7.80. The van der Waals surface area contributed by atoms with Crippen LogP contribution < -0.4 is 11.1 Å². The van der Waals surface area contributed by atoms with Gasteiger partial charge in [0.15, 0.2) is 5.11 Å². The summed E-state index contributed by atoms with van der Waals surface area (Å²) in [6.07, 6.45) is 4.71. The largest absolute Gasteiger partial charge is 0.376 e. The summed E-state index contributed by atoms with van der Waals surface area (Å²) in [5, 5.41) is 3.32. The summed E-state index contributed by atoms with van der Waals surface area (Å²) in [6, 6.07) is 0. The van der Waals surface area contributed by atoms with Gasteiger partial charge in [-0.1, -0.05) is 12.8 Å². The lowest BCUT2D eigenvalue weighted by atomic mass is 10.0. The Hall–Kier alpha value is -0.350. The third-order valence-electron chi connectivity index (χ3n) is 2.53. The molecule has 0 unspecified atom stereocenters. The van der Waals surface area contributed by atoms with Crippen LogP contribution in [-0.2, 0) is 4.74 Å². The number of nitrogens with one attached hydrogen (secondary N) is 1. The topological polar surface area (TPSA) is 47.3 Å². The fraction of sp³-hybridized carbons (Fsp3) is 0.875. The van der Waals surface area contributed by atoms with E-state index in [1.807, 2.05) is 0 Å². The number of methoxy groups -OCH3 is 1. The average molecular weight is 188 g/mol. The highest BCUT2D eigenvalue weighted by Gasteiger charge is 2.33. The third-order valence-corrected chi connectivity index (χ3v) is 2.68. The van der Waals surface area contributed by atoms with E-state index in [1.54, 1.807) is 7.11 Å². The van der Waals surface area contributed by atoms with Crippen molar-refractivity contribution in [3.8, 4) is 0 Å². The zero-order valence-electron chi connectivity index (χ0n) is 7.43. The molecule has 3 nitrogen and oxygen atoms in total. The first-order valence-corrected chi connectivity index (χ1v) is 4.68. The van der Waals surface area contributed by atoms with Crippen molar-refractivity contribution in [2.45, 2.75) is 31.3 Å². The monoisotopic (exact) mass is 188 g/mol. The van der Waals surface area contributed by atoms with Crippen molar-refractivity contribution < 1.29 is 4.74 Å². The van der Waals surface area contributed by atoms with E-state index in [4.69, 9.17) is 22.7 Å². The fourth-order valence-corrected chi connectivity index (χ4v) is 1.79. The molecule has 1 fully saturated rings. The first kappa shape index (κ1) is 9.74. The van der Waals surface area contributed by atoms with Gasteiger partial charge in [0.1, 0.15) is 0 Å². The van der Waals surface area contributed by atoms with Gasteiger partial charge in [-0.3, -0.25) is 0 Å². The Morgan fingerprint density at radius 2 is 2.17 bits per heavy atom. The van der Waals surface area contributed by atoms with Gasteiger partial charge < -0.3 is 15.8 Å². The van der Waals surface area contributed by atoms with Gasteiger partial charge in [0.2, 0.25) is 0 Å². The smallest absolute Gasteiger partial charge is 0.163 e. The van der Waals surface area contributed by atoms with Crippen molar-refractivity contribution in [3.63, 3.8) is 0 Å². The predicted molar refractivity (Wildman–Crippen MR) is 53.0 cm³/mol. The van der Waals surface area contributed by atoms with Crippen LogP contribution in [0.15, 0.2) is 0 Å². The molecule has 0 saturated heterocycles. The molecule has 4 heteroatoms. The molecule has 0 aliphatic heterocycles. The number of ether oxygens (including phenoxy) is 1. The van der Waals surface area contributed by atoms with Crippen LogP contribution in [0.25, 0.3) is 0 Å². The van der Waals surface area contributed by atoms with E-state index < -0.39 is 0 Å². The molecule has 0 aromatic carbocycles. The molecule has 0 radical (unpaired) electrons. The van der Waals surface area contributed by atoms with E-state index in [9.17, 15) is 0 Å². The van der Waals surface area contributed by atoms with Crippen LogP contribution in [0.1, 0.15) is 25.7 Å². The normalized spacial score (nSPS) is 20.8. The van der Waals surface area contributed by atoms with Gasteiger partial charge in [-0.25, -0.2) is 0 Å². The SMILES string of the molecule is COC1(CNC(N)=S)CCCC1. The maximum Gasteiger partial charge on any atom is 0.163 e. The lowest BCUT2D eigenvalue weighted by molar-refractivity contribution is 0.000323. The minimum absolute atomic E-state index is 0.0105. The molecule has 1 aliphatic carbocycles. The van der Waals surface area contributed by atoms with E-state index in [0.717, 1.165) is 19.4 Å². The third kappa shape index (κ3) is 2.32. The molecule has 12 heavy (non-hydrogen) atoms. The maximum atomic E-state index is 5.47. The van der Waals surface area contributed by atoms with Crippen LogP contribution in [0.5, 0.6) is 0 Å². The number of thiocarbonyl (C=S) groups is 1. The van der Waals surface area contributed by atoms with Crippen molar-refractivity contribution in [2.75, 3.05) is 13.7 Å². The van der Waals surface area contributed by atoms with Gasteiger partial charge in [-0.05, 0) is 25.1 Å². The summed E-state index contributed by atoms with van der Waals surface area (Å²) < 4.78 is 5.47. The molecule has 1 saturated carbocycles. The van der Waals surface area contributed by atoms with Crippen molar-refractivity contribution in [2.24, 2.45) is 5.73 Å². The molecule has 70 valence electrons. The lowest BCUT2D eigenvalue weighted by Gasteiger charge is -2.27. The number of nitrogens with two attached hydrogens (primary N) is 1. The van der Waals surface area contributed by atoms with Gasteiger partial charge in [0.25, 0.3) is 0 Å². The first-order chi connectivity index (χ1) is 5.68. The molecule has 0 aromatic rings. The Morgan fingerprint density at radius 1 is 1.58 bits per heavy atom. The van der Waals surface area contributed by atoms with Gasteiger partial charge in [0.05, 0.1) is 5.60 Å².